The van der Waals surface area contributed by atoms with E-state index in [1.54, 1.807) is 0 Å². The van der Waals surface area contributed by atoms with E-state index in [0.29, 0.717) is 5.54 Å². The summed E-state index contributed by atoms with van der Waals surface area (Å²) in [5, 5.41) is 0. The van der Waals surface area contributed by atoms with Crippen molar-refractivity contribution in [1.82, 2.24) is 0 Å². The van der Waals surface area contributed by atoms with E-state index in [9.17, 15) is 0 Å². The van der Waals surface area contributed by atoms with Gasteiger partial charge in [-0.3, -0.25) is 0 Å². The summed E-state index contributed by atoms with van der Waals surface area (Å²) in [6.45, 7) is 6.41. The van der Waals surface area contributed by atoms with Gasteiger partial charge < -0.3 is 29.7 Å². The Labute approximate surface area is 62.7 Å². The average Bonchev–Trinajstić information content (AvgIpc) is 1.35. The third-order valence-corrected chi connectivity index (χ3v) is 0.957. The van der Waals surface area contributed by atoms with Crippen molar-refractivity contribution in [3.63, 3.8) is 0 Å². The molecule has 3 N–H and O–H groups in total. The van der Waals surface area contributed by atoms with Gasteiger partial charge in [-0.2, -0.15) is 0 Å². The van der Waals surface area contributed by atoms with Gasteiger partial charge in [-0.15, -0.1) is 0 Å². The molecule has 46 valence electrons. The predicted octanol–water partition coefficient (Wildman–Crippen LogP) is -2.58. The SMILES string of the molecule is CCC(C)(C)[NH3+].[I-]. The van der Waals surface area contributed by atoms with E-state index in [0.717, 1.165) is 6.42 Å². The molecule has 7 heavy (non-hydrogen) atoms. The van der Waals surface area contributed by atoms with E-state index in [2.05, 4.69) is 26.5 Å². The maximum atomic E-state index is 3.89. The quantitative estimate of drug-likeness (QED) is 0.465. The lowest BCUT2D eigenvalue weighted by molar-refractivity contribution is -0.466. The molecule has 0 bridgehead atoms. The topological polar surface area (TPSA) is 27.6 Å². The Balaban J connectivity index is 0. The highest BCUT2D eigenvalue weighted by molar-refractivity contribution is 4.56. The summed E-state index contributed by atoms with van der Waals surface area (Å²) in [5.41, 5.74) is 4.18. The van der Waals surface area contributed by atoms with Crippen LogP contribution in [0.2, 0.25) is 0 Å². The highest BCUT2D eigenvalue weighted by Gasteiger charge is 2.08. The van der Waals surface area contributed by atoms with Gasteiger partial charge in [0.1, 0.15) is 0 Å². The lowest BCUT2D eigenvalue weighted by atomic mass is 10.1. The van der Waals surface area contributed by atoms with E-state index >= 15 is 0 Å². The third-order valence-electron chi connectivity index (χ3n) is 0.957. The molecule has 0 aliphatic carbocycles. The second-order valence-electron chi connectivity index (χ2n) is 2.52. The molecule has 0 unspecified atom stereocenters. The van der Waals surface area contributed by atoms with Crippen LogP contribution in [0.3, 0.4) is 0 Å². The van der Waals surface area contributed by atoms with Crippen LogP contribution in [0.25, 0.3) is 0 Å². The first-order valence-electron chi connectivity index (χ1n) is 2.41. The van der Waals surface area contributed by atoms with Crippen LogP contribution in [-0.2, 0) is 0 Å². The summed E-state index contributed by atoms with van der Waals surface area (Å²) < 4.78 is 0. The Bertz CT molecular complexity index is 37.8. The van der Waals surface area contributed by atoms with Crippen LogP contribution >= 0.6 is 0 Å². The molecule has 0 saturated carbocycles. The van der Waals surface area contributed by atoms with Crippen molar-refractivity contribution in [2.75, 3.05) is 0 Å². The molecule has 0 saturated heterocycles. The fourth-order valence-electron chi connectivity index (χ4n) is 0. The van der Waals surface area contributed by atoms with E-state index < -0.39 is 0 Å². The summed E-state index contributed by atoms with van der Waals surface area (Å²) in [4.78, 5) is 0. The molecule has 2 heteroatoms. The standard InChI is InChI=1S/C5H13N.HI/c1-4-5(2,3)6;/h4,6H2,1-3H3;1H. The first-order valence-corrected chi connectivity index (χ1v) is 2.41. The molecule has 0 aromatic heterocycles. The molecular weight excluding hydrogens is 201 g/mol. The average molecular weight is 215 g/mol. The largest absolute Gasteiger partial charge is 1.00 e. The molecule has 0 amide bonds. The van der Waals surface area contributed by atoms with Gasteiger partial charge in [0.15, 0.2) is 0 Å². The fraction of sp³-hybridized carbons (Fsp3) is 1.00. The molecule has 0 aliphatic heterocycles. The first-order chi connectivity index (χ1) is 2.56. The summed E-state index contributed by atoms with van der Waals surface area (Å²) in [7, 11) is 0. The van der Waals surface area contributed by atoms with Crippen LogP contribution in [0, 0.1) is 0 Å². The maximum absolute atomic E-state index is 3.89. The first kappa shape index (κ1) is 10.6. The van der Waals surface area contributed by atoms with Crippen molar-refractivity contribution < 1.29 is 29.7 Å². The second-order valence-corrected chi connectivity index (χ2v) is 2.52. The van der Waals surface area contributed by atoms with E-state index in [1.807, 2.05) is 0 Å². The molecule has 1 nitrogen and oxygen atoms in total. The number of halogens is 1. The second kappa shape index (κ2) is 3.66. The van der Waals surface area contributed by atoms with E-state index in [1.165, 1.54) is 0 Å². The fourth-order valence-corrected chi connectivity index (χ4v) is 0. The minimum absolute atomic E-state index is 0. The monoisotopic (exact) mass is 215 g/mol. The minimum Gasteiger partial charge on any atom is -1.00 e. The van der Waals surface area contributed by atoms with E-state index in [4.69, 9.17) is 0 Å². The highest BCUT2D eigenvalue weighted by atomic mass is 127. The van der Waals surface area contributed by atoms with Gasteiger partial charge in [-0.05, 0) is 20.3 Å². The molecule has 0 aromatic carbocycles. The van der Waals surface area contributed by atoms with Gasteiger partial charge in [0.2, 0.25) is 0 Å². The summed E-state index contributed by atoms with van der Waals surface area (Å²) in [6.07, 6.45) is 1.16. The van der Waals surface area contributed by atoms with Gasteiger partial charge in [0.25, 0.3) is 0 Å². The van der Waals surface area contributed by atoms with Gasteiger partial charge in [-0.1, -0.05) is 6.92 Å². The molecule has 0 atom stereocenters. The number of quaternary nitrogens is 1. The summed E-state index contributed by atoms with van der Waals surface area (Å²) in [6, 6.07) is 0. The molecule has 0 radical (unpaired) electrons. The number of rotatable bonds is 1. The minimum atomic E-state index is 0. The molecule has 0 fully saturated rings. The molecule has 0 aliphatic rings. The summed E-state index contributed by atoms with van der Waals surface area (Å²) in [5.74, 6) is 0. The predicted molar refractivity (Wildman–Crippen MR) is 27.3 cm³/mol. The van der Waals surface area contributed by atoms with Crippen molar-refractivity contribution in [3.8, 4) is 0 Å². The molecule has 0 rings (SSSR count). The van der Waals surface area contributed by atoms with Crippen LogP contribution in [0.4, 0.5) is 0 Å². The molecule has 0 aromatic rings. The van der Waals surface area contributed by atoms with Crippen LogP contribution < -0.4 is 29.7 Å². The van der Waals surface area contributed by atoms with Gasteiger partial charge >= 0.3 is 0 Å². The molecule has 0 heterocycles. The van der Waals surface area contributed by atoms with Crippen molar-refractivity contribution in [2.45, 2.75) is 32.7 Å². The Morgan fingerprint density at radius 3 is 1.57 bits per heavy atom. The lowest BCUT2D eigenvalue weighted by Crippen LogP contribution is -3.00. The zero-order valence-electron chi connectivity index (χ0n) is 5.29. The number of hydrogen-bond donors (Lipinski definition) is 1. The van der Waals surface area contributed by atoms with Crippen molar-refractivity contribution in [3.05, 3.63) is 0 Å². The smallest absolute Gasteiger partial charge is 0.0886 e. The van der Waals surface area contributed by atoms with Crippen molar-refractivity contribution in [1.29, 1.82) is 0 Å². The van der Waals surface area contributed by atoms with Crippen LogP contribution in [-0.4, -0.2) is 5.54 Å². The van der Waals surface area contributed by atoms with E-state index in [-0.39, 0.29) is 24.0 Å². The van der Waals surface area contributed by atoms with Gasteiger partial charge in [0.05, 0.1) is 5.54 Å². The zero-order chi connectivity index (χ0) is 5.21. The van der Waals surface area contributed by atoms with Gasteiger partial charge in [-0.25, -0.2) is 0 Å². The summed E-state index contributed by atoms with van der Waals surface area (Å²) >= 11 is 0. The maximum Gasteiger partial charge on any atom is 0.0886 e. The van der Waals surface area contributed by atoms with Crippen LogP contribution in [0.1, 0.15) is 27.2 Å². The highest BCUT2D eigenvalue weighted by Crippen LogP contribution is 1.96. The normalized spacial score (nSPS) is 10.3. The third kappa shape index (κ3) is 10.8. The van der Waals surface area contributed by atoms with Crippen molar-refractivity contribution >= 4 is 0 Å². The van der Waals surface area contributed by atoms with Crippen LogP contribution in [0.15, 0.2) is 0 Å². The van der Waals surface area contributed by atoms with Gasteiger partial charge in [0, 0.05) is 0 Å². The Hall–Kier alpha value is 0.690. The lowest BCUT2D eigenvalue weighted by Gasteiger charge is -2.08. The number of hydrogen-bond acceptors (Lipinski definition) is 0. The molecular formula is C5H14IN. The Morgan fingerprint density at radius 1 is 1.43 bits per heavy atom. The molecule has 0 spiro atoms. The Kier molecular flexibility index (Phi) is 5.56. The van der Waals surface area contributed by atoms with Crippen LogP contribution in [0.5, 0.6) is 0 Å². The Morgan fingerprint density at radius 2 is 1.57 bits per heavy atom. The zero-order valence-corrected chi connectivity index (χ0v) is 7.45. The van der Waals surface area contributed by atoms with Crippen molar-refractivity contribution in [2.24, 2.45) is 0 Å².